The molecule has 162 valence electrons. The zero-order valence-corrected chi connectivity index (χ0v) is 18.5. The molecule has 0 fully saturated rings. The zero-order valence-electron chi connectivity index (χ0n) is 18.5. The Morgan fingerprint density at radius 2 is 1.28 bits per heavy atom. The van der Waals surface area contributed by atoms with E-state index < -0.39 is 5.97 Å². The molecule has 0 bridgehead atoms. The first-order chi connectivity index (χ1) is 14.2. The van der Waals surface area contributed by atoms with Crippen LogP contribution in [0, 0.1) is 0 Å². The molecular weight excluding hydrogens is 358 g/mol. The van der Waals surface area contributed by atoms with E-state index in [1.165, 1.54) is 102 Å². The van der Waals surface area contributed by atoms with Gasteiger partial charge in [0.15, 0.2) is 0 Å². The smallest absolute Gasteiger partial charge is 0.335 e. The molecule has 0 saturated heterocycles. The Hall–Kier alpha value is -1.77. The minimum Gasteiger partial charge on any atom is -0.478 e. The Morgan fingerprint density at radius 1 is 0.759 bits per heavy atom. The fraction of sp³-hybridized carbons (Fsp3) is 0.654. The van der Waals surface area contributed by atoms with Crippen LogP contribution in [-0.2, 0) is 6.42 Å². The van der Waals surface area contributed by atoms with E-state index in [0.717, 1.165) is 17.3 Å². The SMILES string of the molecule is CCCCCCCCCCCCCCCCCc1cc2cc(C(=O)O)ccc2[nH]1. The number of fused-ring (bicyclic) bond motifs is 1. The highest BCUT2D eigenvalue weighted by atomic mass is 16.4. The van der Waals surface area contributed by atoms with E-state index in [1.54, 1.807) is 12.1 Å². The minimum atomic E-state index is -0.864. The topological polar surface area (TPSA) is 53.1 Å². The quantitative estimate of drug-likeness (QED) is 0.263. The van der Waals surface area contributed by atoms with Crippen LogP contribution < -0.4 is 0 Å². The first-order valence-corrected chi connectivity index (χ1v) is 12.1. The molecule has 0 aliphatic rings. The molecule has 0 atom stereocenters. The van der Waals surface area contributed by atoms with Crippen molar-refractivity contribution in [3.63, 3.8) is 0 Å². The monoisotopic (exact) mass is 399 g/mol. The lowest BCUT2D eigenvalue weighted by molar-refractivity contribution is 0.0697. The molecule has 0 radical (unpaired) electrons. The highest BCUT2D eigenvalue weighted by molar-refractivity contribution is 5.93. The van der Waals surface area contributed by atoms with Crippen molar-refractivity contribution in [2.24, 2.45) is 0 Å². The van der Waals surface area contributed by atoms with Crippen molar-refractivity contribution in [1.29, 1.82) is 0 Å². The van der Waals surface area contributed by atoms with Crippen LogP contribution in [0.25, 0.3) is 10.9 Å². The van der Waals surface area contributed by atoms with Gasteiger partial charge in [-0.2, -0.15) is 0 Å². The van der Waals surface area contributed by atoms with Gasteiger partial charge in [-0.05, 0) is 37.1 Å². The Kier molecular flexibility index (Phi) is 11.6. The number of aromatic amines is 1. The van der Waals surface area contributed by atoms with Gasteiger partial charge in [0.1, 0.15) is 0 Å². The Bertz CT molecular complexity index is 704. The molecule has 1 heterocycles. The van der Waals surface area contributed by atoms with Gasteiger partial charge < -0.3 is 10.1 Å². The molecule has 3 nitrogen and oxygen atoms in total. The predicted molar refractivity (Wildman–Crippen MR) is 124 cm³/mol. The second kappa shape index (κ2) is 14.3. The van der Waals surface area contributed by atoms with Gasteiger partial charge in [0.25, 0.3) is 0 Å². The maximum Gasteiger partial charge on any atom is 0.335 e. The van der Waals surface area contributed by atoms with E-state index in [1.807, 2.05) is 6.07 Å². The minimum absolute atomic E-state index is 0.357. The average Bonchev–Trinajstić information content (AvgIpc) is 3.12. The highest BCUT2D eigenvalue weighted by Crippen LogP contribution is 2.19. The van der Waals surface area contributed by atoms with E-state index in [4.69, 9.17) is 5.11 Å². The van der Waals surface area contributed by atoms with Crippen molar-refractivity contribution < 1.29 is 9.90 Å². The molecule has 0 spiro atoms. The second-order valence-corrected chi connectivity index (χ2v) is 8.60. The molecule has 3 heteroatoms. The molecule has 0 unspecified atom stereocenters. The third-order valence-electron chi connectivity index (χ3n) is 5.97. The number of carbonyl (C=O) groups is 1. The summed E-state index contributed by atoms with van der Waals surface area (Å²) < 4.78 is 0. The number of hydrogen-bond donors (Lipinski definition) is 2. The van der Waals surface area contributed by atoms with Crippen molar-refractivity contribution in [3.8, 4) is 0 Å². The normalized spacial score (nSPS) is 11.3. The number of rotatable bonds is 17. The van der Waals surface area contributed by atoms with Gasteiger partial charge in [0.05, 0.1) is 5.56 Å². The van der Waals surface area contributed by atoms with Gasteiger partial charge in [0, 0.05) is 16.6 Å². The van der Waals surface area contributed by atoms with Crippen LogP contribution in [-0.4, -0.2) is 16.1 Å². The lowest BCUT2D eigenvalue weighted by atomic mass is 10.0. The second-order valence-electron chi connectivity index (χ2n) is 8.60. The van der Waals surface area contributed by atoms with Gasteiger partial charge in [0.2, 0.25) is 0 Å². The van der Waals surface area contributed by atoms with Crippen molar-refractivity contribution >= 4 is 16.9 Å². The maximum absolute atomic E-state index is 11.1. The lowest BCUT2D eigenvalue weighted by Crippen LogP contribution is -1.94. The lowest BCUT2D eigenvalue weighted by Gasteiger charge is -2.03. The fourth-order valence-electron chi connectivity index (χ4n) is 4.15. The molecule has 0 amide bonds. The number of H-pyrrole nitrogens is 1. The summed E-state index contributed by atoms with van der Waals surface area (Å²) in [5.74, 6) is -0.864. The van der Waals surface area contributed by atoms with Gasteiger partial charge in [-0.3, -0.25) is 0 Å². The van der Waals surface area contributed by atoms with E-state index in [-0.39, 0.29) is 0 Å². The summed E-state index contributed by atoms with van der Waals surface area (Å²) in [7, 11) is 0. The van der Waals surface area contributed by atoms with E-state index in [9.17, 15) is 4.79 Å². The third-order valence-corrected chi connectivity index (χ3v) is 5.97. The molecule has 2 N–H and O–H groups in total. The van der Waals surface area contributed by atoms with Crippen LogP contribution >= 0.6 is 0 Å². The van der Waals surface area contributed by atoms with Crippen LogP contribution in [0.1, 0.15) is 119 Å². The van der Waals surface area contributed by atoms with Gasteiger partial charge in [-0.1, -0.05) is 96.8 Å². The average molecular weight is 400 g/mol. The zero-order chi connectivity index (χ0) is 20.7. The number of aromatic carboxylic acids is 1. The van der Waals surface area contributed by atoms with Crippen molar-refractivity contribution in [2.75, 3.05) is 0 Å². The molecule has 0 aliphatic carbocycles. The Balaban J connectivity index is 1.43. The van der Waals surface area contributed by atoms with Crippen LogP contribution in [0.2, 0.25) is 0 Å². The number of unbranched alkanes of at least 4 members (excludes halogenated alkanes) is 14. The summed E-state index contributed by atoms with van der Waals surface area (Å²) in [4.78, 5) is 14.5. The van der Waals surface area contributed by atoms with Crippen LogP contribution in [0.3, 0.4) is 0 Å². The van der Waals surface area contributed by atoms with E-state index in [2.05, 4.69) is 18.0 Å². The highest BCUT2D eigenvalue weighted by Gasteiger charge is 2.06. The summed E-state index contributed by atoms with van der Waals surface area (Å²) >= 11 is 0. The summed E-state index contributed by atoms with van der Waals surface area (Å²) in [6, 6.07) is 7.39. The number of hydrogen-bond acceptors (Lipinski definition) is 1. The Morgan fingerprint density at radius 3 is 1.79 bits per heavy atom. The van der Waals surface area contributed by atoms with Crippen LogP contribution in [0.4, 0.5) is 0 Å². The number of benzene rings is 1. The van der Waals surface area contributed by atoms with Gasteiger partial charge >= 0.3 is 5.97 Å². The largest absolute Gasteiger partial charge is 0.478 e. The molecule has 1 aromatic heterocycles. The first kappa shape index (κ1) is 23.5. The third kappa shape index (κ3) is 9.51. The number of carboxylic acids is 1. The summed E-state index contributed by atoms with van der Waals surface area (Å²) in [6.07, 6.45) is 21.8. The number of aromatic nitrogens is 1. The first-order valence-electron chi connectivity index (χ1n) is 12.1. The van der Waals surface area contributed by atoms with Crippen molar-refractivity contribution in [3.05, 3.63) is 35.5 Å². The van der Waals surface area contributed by atoms with Crippen LogP contribution in [0.5, 0.6) is 0 Å². The standard InChI is InChI=1S/C26H41NO2/c1-2-3-4-5-6-7-8-9-10-11-12-13-14-15-16-17-24-21-23-20-22(26(28)29)18-19-25(23)27-24/h18-21,27H,2-17H2,1H3,(H,28,29). The number of nitrogens with one attached hydrogen (secondary N) is 1. The van der Waals surface area contributed by atoms with Crippen molar-refractivity contribution in [1.82, 2.24) is 4.98 Å². The predicted octanol–water partition coefficient (Wildman–Crippen LogP) is 8.28. The summed E-state index contributed by atoms with van der Waals surface area (Å²) in [5.41, 5.74) is 2.61. The Labute approximate surface area is 177 Å². The molecule has 0 aliphatic heterocycles. The molecule has 2 rings (SSSR count). The summed E-state index contributed by atoms with van der Waals surface area (Å²) in [5, 5.41) is 10.1. The van der Waals surface area contributed by atoms with Gasteiger partial charge in [-0.15, -0.1) is 0 Å². The van der Waals surface area contributed by atoms with Crippen LogP contribution in [0.15, 0.2) is 24.3 Å². The molecule has 29 heavy (non-hydrogen) atoms. The number of aryl methyl sites for hydroxylation is 1. The molecule has 1 aromatic carbocycles. The molecule has 2 aromatic rings. The molecule has 0 saturated carbocycles. The fourth-order valence-corrected chi connectivity index (χ4v) is 4.15. The van der Waals surface area contributed by atoms with E-state index >= 15 is 0 Å². The maximum atomic E-state index is 11.1. The van der Waals surface area contributed by atoms with E-state index in [0.29, 0.717) is 5.56 Å². The van der Waals surface area contributed by atoms with Gasteiger partial charge in [-0.25, -0.2) is 4.79 Å². The summed E-state index contributed by atoms with van der Waals surface area (Å²) in [6.45, 7) is 2.28. The number of carboxylic acid groups (broad SMARTS) is 1. The van der Waals surface area contributed by atoms with Crippen molar-refractivity contribution in [2.45, 2.75) is 110 Å². The molecular formula is C26H41NO2.